The second-order valence-electron chi connectivity index (χ2n) is 0.697. The van der Waals surface area contributed by atoms with Crippen LogP contribution >= 0.6 is 18.0 Å². The van der Waals surface area contributed by atoms with Gasteiger partial charge in [0.25, 0.3) is 0 Å². The van der Waals surface area contributed by atoms with Gasteiger partial charge in [-0.2, -0.15) is 0 Å². The fourth-order valence-electron chi connectivity index (χ4n) is 0.0645. The molecule has 0 heterocycles. The van der Waals surface area contributed by atoms with Gasteiger partial charge >= 0.3 is 0 Å². The highest BCUT2D eigenvalue weighted by atomic mass is 31.1. The van der Waals surface area contributed by atoms with Gasteiger partial charge in [0.15, 0.2) is 0 Å². The third-order valence-electron chi connectivity index (χ3n) is 0.256. The molecule has 3 heteroatoms. The molecule has 1 N–H and O–H groups in total. The van der Waals surface area contributed by atoms with Gasteiger partial charge in [-0.3, -0.25) is 0 Å². The second kappa shape index (κ2) is 4.82. The lowest BCUT2D eigenvalue weighted by atomic mass is 11.0. The minimum absolute atomic E-state index is 0.137. The molecule has 0 aliphatic rings. The molecule has 0 radical (unpaired) electrons. The molecule has 0 aliphatic carbocycles. The molecule has 2 unspecified atom stereocenters. The first kappa shape index (κ1) is 5.82. The van der Waals surface area contributed by atoms with E-state index in [2.05, 4.69) is 9.24 Å². The standard InChI is InChI=1S/C2H8OP2/c3-5-2-1-4/h3,5H,1-2,4H2. The Kier molecular flexibility index (Phi) is 5.61. The summed E-state index contributed by atoms with van der Waals surface area (Å²) in [6, 6.07) is 0. The van der Waals surface area contributed by atoms with Crippen molar-refractivity contribution in [1.82, 2.24) is 0 Å². The molecule has 1 nitrogen and oxygen atoms in total. The summed E-state index contributed by atoms with van der Waals surface area (Å²) in [5, 5.41) is 0. The maximum Gasteiger partial charge on any atom is 0.0110 e. The average molecular weight is 110 g/mol. The van der Waals surface area contributed by atoms with Crippen molar-refractivity contribution in [2.45, 2.75) is 0 Å². The van der Waals surface area contributed by atoms with Crippen molar-refractivity contribution in [3.05, 3.63) is 0 Å². The SMILES string of the molecule is OPCCP. The van der Waals surface area contributed by atoms with Crippen molar-refractivity contribution in [2.24, 2.45) is 0 Å². The van der Waals surface area contributed by atoms with E-state index in [9.17, 15) is 0 Å². The summed E-state index contributed by atoms with van der Waals surface area (Å²) in [7, 11) is 2.68. The van der Waals surface area contributed by atoms with Crippen LogP contribution in [0, 0.1) is 0 Å². The average Bonchev–Trinajstić information content (AvgIpc) is 1.41. The highest BCUT2D eigenvalue weighted by Crippen LogP contribution is 2.00. The Morgan fingerprint density at radius 2 is 2.40 bits per heavy atom. The Labute approximate surface area is 36.2 Å². The molecule has 0 spiro atoms. The lowest BCUT2D eigenvalue weighted by Crippen LogP contribution is -1.68. The smallest absolute Gasteiger partial charge is 0.0110 e. The van der Waals surface area contributed by atoms with Crippen molar-refractivity contribution in [1.29, 1.82) is 0 Å². The van der Waals surface area contributed by atoms with Crippen molar-refractivity contribution in [3.63, 3.8) is 0 Å². The van der Waals surface area contributed by atoms with Crippen molar-refractivity contribution in [2.75, 3.05) is 12.3 Å². The van der Waals surface area contributed by atoms with Crippen LogP contribution in [0.5, 0.6) is 0 Å². The molecule has 0 amide bonds. The topological polar surface area (TPSA) is 20.2 Å². The van der Waals surface area contributed by atoms with Gasteiger partial charge in [0.05, 0.1) is 0 Å². The van der Waals surface area contributed by atoms with Gasteiger partial charge in [0.2, 0.25) is 0 Å². The molecule has 2 atom stereocenters. The third-order valence-corrected chi connectivity index (χ3v) is 1.63. The minimum atomic E-state index is 0.137. The molecule has 0 aliphatic heterocycles. The Hall–Kier alpha value is 0.820. The van der Waals surface area contributed by atoms with Crippen LogP contribution in [0.4, 0.5) is 0 Å². The van der Waals surface area contributed by atoms with Crippen LogP contribution in [0.25, 0.3) is 0 Å². The monoisotopic (exact) mass is 110 g/mol. The first-order chi connectivity index (χ1) is 2.41. The summed E-state index contributed by atoms with van der Waals surface area (Å²) in [5.41, 5.74) is 0. The van der Waals surface area contributed by atoms with Gasteiger partial charge < -0.3 is 4.89 Å². The van der Waals surface area contributed by atoms with Crippen LogP contribution in [-0.2, 0) is 0 Å². The third kappa shape index (κ3) is 4.82. The summed E-state index contributed by atoms with van der Waals surface area (Å²) >= 11 is 0. The first-order valence-corrected chi connectivity index (χ1v) is 3.46. The van der Waals surface area contributed by atoms with E-state index >= 15 is 0 Å². The predicted molar refractivity (Wildman–Crippen MR) is 30.0 cm³/mol. The molecule has 0 rings (SSSR count). The Bertz CT molecular complexity index is 15.1. The Morgan fingerprint density at radius 1 is 1.80 bits per heavy atom. The lowest BCUT2D eigenvalue weighted by molar-refractivity contribution is 0.647. The van der Waals surface area contributed by atoms with Crippen LogP contribution in [0.15, 0.2) is 0 Å². The van der Waals surface area contributed by atoms with Crippen LogP contribution in [0.2, 0.25) is 0 Å². The zero-order valence-corrected chi connectivity index (χ0v) is 5.09. The molecule has 0 saturated carbocycles. The van der Waals surface area contributed by atoms with Crippen molar-refractivity contribution < 1.29 is 4.89 Å². The highest BCUT2D eigenvalue weighted by molar-refractivity contribution is 7.32. The first-order valence-electron chi connectivity index (χ1n) is 1.49. The van der Waals surface area contributed by atoms with E-state index in [1.54, 1.807) is 0 Å². The number of rotatable bonds is 2. The Morgan fingerprint density at radius 3 is 2.40 bits per heavy atom. The minimum Gasteiger partial charge on any atom is -0.377 e. The van der Waals surface area contributed by atoms with E-state index in [-0.39, 0.29) is 8.81 Å². The van der Waals surface area contributed by atoms with Gasteiger partial charge in [0, 0.05) is 8.81 Å². The van der Waals surface area contributed by atoms with E-state index in [4.69, 9.17) is 4.89 Å². The number of hydrogen-bond donors (Lipinski definition) is 1. The Balaban J connectivity index is 2.19. The van der Waals surface area contributed by atoms with Gasteiger partial charge in [-0.15, -0.1) is 9.24 Å². The van der Waals surface area contributed by atoms with E-state index in [0.29, 0.717) is 0 Å². The summed E-state index contributed by atoms with van der Waals surface area (Å²) in [6.45, 7) is 0. The van der Waals surface area contributed by atoms with Crippen LogP contribution in [-0.4, -0.2) is 17.2 Å². The van der Waals surface area contributed by atoms with Crippen LogP contribution in [0.3, 0.4) is 0 Å². The van der Waals surface area contributed by atoms with E-state index < -0.39 is 0 Å². The normalized spacial score (nSPS) is 10.8. The molecular weight excluding hydrogens is 102 g/mol. The fraction of sp³-hybridized carbons (Fsp3) is 1.00. The molecule has 0 aromatic carbocycles. The summed E-state index contributed by atoms with van der Waals surface area (Å²) in [5.74, 6) is 0. The van der Waals surface area contributed by atoms with Crippen molar-refractivity contribution >= 4 is 18.0 Å². The number of hydrogen-bond acceptors (Lipinski definition) is 1. The quantitative estimate of drug-likeness (QED) is 0.511. The lowest BCUT2D eigenvalue weighted by Gasteiger charge is -1.79. The van der Waals surface area contributed by atoms with E-state index in [1.807, 2.05) is 0 Å². The van der Waals surface area contributed by atoms with E-state index in [1.165, 1.54) is 0 Å². The molecular formula is C2H8OP2. The highest BCUT2D eigenvalue weighted by Gasteiger charge is 1.69. The largest absolute Gasteiger partial charge is 0.377 e. The predicted octanol–water partition coefficient (Wildman–Crippen LogP) is 0.447. The molecule has 5 heavy (non-hydrogen) atoms. The van der Waals surface area contributed by atoms with Crippen LogP contribution in [0.1, 0.15) is 0 Å². The summed E-state index contributed by atoms with van der Waals surface area (Å²) in [4.78, 5) is 8.08. The maximum atomic E-state index is 8.08. The van der Waals surface area contributed by atoms with Gasteiger partial charge in [-0.05, 0) is 12.3 Å². The van der Waals surface area contributed by atoms with Crippen molar-refractivity contribution in [3.8, 4) is 0 Å². The summed E-state index contributed by atoms with van der Waals surface area (Å²) < 4.78 is 0. The zero-order valence-electron chi connectivity index (χ0n) is 2.94. The van der Waals surface area contributed by atoms with Gasteiger partial charge in [-0.1, -0.05) is 0 Å². The maximum absolute atomic E-state index is 8.08. The summed E-state index contributed by atoms with van der Waals surface area (Å²) in [6.07, 6.45) is 1.96. The molecule has 0 fully saturated rings. The second-order valence-corrected chi connectivity index (χ2v) is 2.09. The molecule has 0 bridgehead atoms. The molecule has 0 aromatic heterocycles. The van der Waals surface area contributed by atoms with E-state index in [0.717, 1.165) is 12.3 Å². The van der Waals surface area contributed by atoms with Gasteiger partial charge in [-0.25, -0.2) is 0 Å². The van der Waals surface area contributed by atoms with Gasteiger partial charge in [0.1, 0.15) is 0 Å². The zero-order chi connectivity index (χ0) is 4.12. The molecule has 0 aromatic rings. The molecule has 32 valence electrons. The molecule has 0 saturated heterocycles. The fourth-order valence-corrected chi connectivity index (χ4v) is 0.581. The van der Waals surface area contributed by atoms with Crippen LogP contribution < -0.4 is 0 Å².